The second-order valence-electron chi connectivity index (χ2n) is 6.98. The summed E-state index contributed by atoms with van der Waals surface area (Å²) in [7, 11) is -3.20. The molecule has 0 heterocycles. The van der Waals surface area contributed by atoms with Gasteiger partial charge in [0.25, 0.3) is 0 Å². The minimum Gasteiger partial charge on any atom is -0.313 e. The Kier molecular flexibility index (Phi) is 6.95. The summed E-state index contributed by atoms with van der Waals surface area (Å²) in [6, 6.07) is 0.554. The van der Waals surface area contributed by atoms with Gasteiger partial charge in [-0.1, -0.05) is 40.0 Å². The summed E-state index contributed by atoms with van der Waals surface area (Å²) < 4.78 is 27.2. The minimum absolute atomic E-state index is 0.0336. The van der Waals surface area contributed by atoms with Gasteiger partial charge in [0, 0.05) is 19.1 Å². The Balaban J connectivity index is 2.32. The van der Waals surface area contributed by atoms with Crippen LogP contribution in [0.5, 0.6) is 0 Å². The molecule has 0 aromatic rings. The van der Waals surface area contributed by atoms with Gasteiger partial charge in [0.15, 0.2) is 0 Å². The molecule has 4 nitrogen and oxygen atoms in total. The van der Waals surface area contributed by atoms with Crippen LogP contribution in [0.4, 0.5) is 0 Å². The second-order valence-corrected chi connectivity index (χ2v) is 9.16. The highest BCUT2D eigenvalue weighted by Crippen LogP contribution is 2.23. The van der Waals surface area contributed by atoms with Crippen molar-refractivity contribution in [2.45, 2.75) is 77.5 Å². The maximum absolute atomic E-state index is 12.2. The number of unbranched alkanes of at least 4 members (excludes halogenated alkanes) is 2. The van der Waals surface area contributed by atoms with Crippen molar-refractivity contribution in [2.24, 2.45) is 5.41 Å². The van der Waals surface area contributed by atoms with Crippen LogP contribution in [0.25, 0.3) is 0 Å². The maximum atomic E-state index is 12.2. The normalized spacial score (nSPS) is 18.2. The predicted octanol–water partition coefficient (Wildman–Crippen LogP) is 2.65. The van der Waals surface area contributed by atoms with E-state index in [-0.39, 0.29) is 10.7 Å². The smallest absolute Gasteiger partial charge is 0.215 e. The van der Waals surface area contributed by atoms with E-state index in [4.69, 9.17) is 0 Å². The molecule has 1 aliphatic carbocycles. The standard InChI is InChI=1S/C15H32N2O2S/c1-5-6-7-10-15(3,4)12-17-20(18,19)13(2)11-16-14-8-9-14/h13-14,16-17H,5-12H2,1-4H3. The zero-order valence-corrected chi connectivity index (χ0v) is 14.4. The lowest BCUT2D eigenvalue weighted by molar-refractivity contribution is 0.320. The SMILES string of the molecule is CCCCCC(C)(C)CNS(=O)(=O)C(C)CNC1CC1. The summed E-state index contributed by atoms with van der Waals surface area (Å²) in [5.74, 6) is 0. The third-order valence-electron chi connectivity index (χ3n) is 4.01. The van der Waals surface area contributed by atoms with Crippen LogP contribution in [0.2, 0.25) is 0 Å². The lowest BCUT2D eigenvalue weighted by atomic mass is 9.87. The first-order valence-electron chi connectivity index (χ1n) is 7.99. The summed E-state index contributed by atoms with van der Waals surface area (Å²) in [4.78, 5) is 0. The largest absolute Gasteiger partial charge is 0.313 e. The maximum Gasteiger partial charge on any atom is 0.215 e. The van der Waals surface area contributed by atoms with Gasteiger partial charge < -0.3 is 5.32 Å². The fourth-order valence-corrected chi connectivity index (χ4v) is 3.30. The quantitative estimate of drug-likeness (QED) is 0.577. The molecule has 1 fully saturated rings. The fraction of sp³-hybridized carbons (Fsp3) is 1.00. The molecule has 0 bridgehead atoms. The molecule has 1 rings (SSSR count). The zero-order chi connectivity index (χ0) is 15.2. The van der Waals surface area contributed by atoms with Gasteiger partial charge in [-0.05, 0) is 31.6 Å². The molecule has 1 atom stereocenters. The van der Waals surface area contributed by atoms with E-state index in [1.54, 1.807) is 6.92 Å². The Labute approximate surface area is 125 Å². The molecule has 120 valence electrons. The molecule has 0 saturated heterocycles. The van der Waals surface area contributed by atoms with Crippen LogP contribution in [0, 0.1) is 5.41 Å². The lowest BCUT2D eigenvalue weighted by Gasteiger charge is -2.26. The number of nitrogens with one attached hydrogen (secondary N) is 2. The summed E-state index contributed by atoms with van der Waals surface area (Å²) in [5.41, 5.74) is 0.0336. The Morgan fingerprint density at radius 2 is 1.90 bits per heavy atom. The highest BCUT2D eigenvalue weighted by Gasteiger charge is 2.27. The van der Waals surface area contributed by atoms with E-state index in [0.717, 1.165) is 6.42 Å². The first kappa shape index (κ1) is 17.9. The van der Waals surface area contributed by atoms with E-state index in [1.807, 2.05) is 0 Å². The molecule has 5 heteroatoms. The lowest BCUT2D eigenvalue weighted by Crippen LogP contribution is -2.42. The number of rotatable bonds is 11. The van der Waals surface area contributed by atoms with E-state index < -0.39 is 10.0 Å². The monoisotopic (exact) mass is 304 g/mol. The van der Waals surface area contributed by atoms with E-state index in [0.29, 0.717) is 19.1 Å². The third kappa shape index (κ3) is 7.04. The summed E-state index contributed by atoms with van der Waals surface area (Å²) in [6.45, 7) is 9.33. The van der Waals surface area contributed by atoms with Crippen molar-refractivity contribution < 1.29 is 8.42 Å². The highest BCUT2D eigenvalue weighted by molar-refractivity contribution is 7.90. The van der Waals surface area contributed by atoms with Gasteiger partial charge in [-0.15, -0.1) is 0 Å². The summed E-state index contributed by atoms with van der Waals surface area (Å²) >= 11 is 0. The van der Waals surface area contributed by atoms with E-state index in [1.165, 1.54) is 32.1 Å². The van der Waals surface area contributed by atoms with Gasteiger partial charge in [0.1, 0.15) is 0 Å². The van der Waals surface area contributed by atoms with Crippen molar-refractivity contribution in [3.8, 4) is 0 Å². The number of hydrogen-bond acceptors (Lipinski definition) is 3. The number of hydrogen-bond donors (Lipinski definition) is 2. The molecular formula is C15H32N2O2S. The molecule has 0 radical (unpaired) electrons. The van der Waals surface area contributed by atoms with Gasteiger partial charge in [0.05, 0.1) is 5.25 Å². The molecule has 2 N–H and O–H groups in total. The van der Waals surface area contributed by atoms with Gasteiger partial charge in [-0.25, -0.2) is 13.1 Å². The molecule has 20 heavy (non-hydrogen) atoms. The van der Waals surface area contributed by atoms with Gasteiger partial charge in [-0.3, -0.25) is 0 Å². The van der Waals surface area contributed by atoms with E-state index in [9.17, 15) is 8.42 Å². The molecule has 0 aromatic carbocycles. The molecule has 1 saturated carbocycles. The van der Waals surface area contributed by atoms with Crippen LogP contribution in [-0.4, -0.2) is 32.8 Å². The van der Waals surface area contributed by atoms with Gasteiger partial charge in [0.2, 0.25) is 10.0 Å². The Bertz CT molecular complexity index is 375. The van der Waals surface area contributed by atoms with Crippen LogP contribution in [-0.2, 0) is 10.0 Å². The molecule has 0 amide bonds. The minimum atomic E-state index is -3.20. The van der Waals surface area contributed by atoms with Crippen molar-refractivity contribution in [3.63, 3.8) is 0 Å². The van der Waals surface area contributed by atoms with E-state index >= 15 is 0 Å². The van der Waals surface area contributed by atoms with Crippen molar-refractivity contribution in [1.82, 2.24) is 10.0 Å². The Morgan fingerprint density at radius 1 is 1.25 bits per heavy atom. The van der Waals surface area contributed by atoms with Crippen LogP contribution in [0.1, 0.15) is 66.2 Å². The number of sulfonamides is 1. The molecule has 0 aliphatic heterocycles. The van der Waals surface area contributed by atoms with Crippen LogP contribution < -0.4 is 10.0 Å². The Morgan fingerprint density at radius 3 is 2.45 bits per heavy atom. The second kappa shape index (κ2) is 7.76. The molecule has 0 spiro atoms. The van der Waals surface area contributed by atoms with Gasteiger partial charge in [-0.2, -0.15) is 0 Å². The average molecular weight is 305 g/mol. The first-order valence-corrected chi connectivity index (χ1v) is 9.53. The van der Waals surface area contributed by atoms with Crippen molar-refractivity contribution >= 4 is 10.0 Å². The molecular weight excluding hydrogens is 272 g/mol. The zero-order valence-electron chi connectivity index (χ0n) is 13.5. The van der Waals surface area contributed by atoms with Gasteiger partial charge >= 0.3 is 0 Å². The van der Waals surface area contributed by atoms with Crippen molar-refractivity contribution in [1.29, 1.82) is 0 Å². The fourth-order valence-electron chi connectivity index (χ4n) is 2.11. The van der Waals surface area contributed by atoms with Crippen molar-refractivity contribution in [2.75, 3.05) is 13.1 Å². The summed E-state index contributed by atoms with van der Waals surface area (Å²) in [6.07, 6.45) is 7.03. The molecule has 1 aliphatic rings. The highest BCUT2D eigenvalue weighted by atomic mass is 32.2. The summed E-state index contributed by atoms with van der Waals surface area (Å²) in [5, 5.41) is 2.92. The average Bonchev–Trinajstić information content (AvgIpc) is 3.18. The predicted molar refractivity (Wildman–Crippen MR) is 85.3 cm³/mol. The van der Waals surface area contributed by atoms with E-state index in [2.05, 4.69) is 30.8 Å². The van der Waals surface area contributed by atoms with Crippen LogP contribution in [0.15, 0.2) is 0 Å². The van der Waals surface area contributed by atoms with Crippen molar-refractivity contribution in [3.05, 3.63) is 0 Å². The molecule has 0 aromatic heterocycles. The third-order valence-corrected chi connectivity index (χ3v) is 5.78. The van der Waals surface area contributed by atoms with Crippen LogP contribution in [0.3, 0.4) is 0 Å². The Hall–Kier alpha value is -0.130. The van der Waals surface area contributed by atoms with Crippen LogP contribution >= 0.6 is 0 Å². The topological polar surface area (TPSA) is 58.2 Å². The molecule has 1 unspecified atom stereocenters. The first-order chi connectivity index (χ1) is 9.27.